The zero-order valence-electron chi connectivity index (χ0n) is 16.3. The van der Waals surface area contributed by atoms with E-state index in [0.29, 0.717) is 0 Å². The van der Waals surface area contributed by atoms with Crippen molar-refractivity contribution < 1.29 is 0 Å². The molecule has 0 fully saturated rings. The number of para-hydroxylation sites is 2. The number of rotatable bonds is 1. The van der Waals surface area contributed by atoms with Crippen LogP contribution in [0.25, 0.3) is 60.1 Å². The lowest BCUT2D eigenvalue weighted by Crippen LogP contribution is -1.95. The second kappa shape index (κ2) is 5.74. The number of hydrogen-bond acceptors (Lipinski definition) is 0. The van der Waals surface area contributed by atoms with Crippen molar-refractivity contribution in [2.45, 2.75) is 0 Å². The van der Waals surface area contributed by atoms with Gasteiger partial charge in [0.1, 0.15) is 0 Å². The molecule has 0 radical (unpaired) electrons. The van der Waals surface area contributed by atoms with Crippen LogP contribution in [0, 0.1) is 0 Å². The van der Waals surface area contributed by atoms with Crippen molar-refractivity contribution in [1.29, 1.82) is 0 Å². The third-order valence-electron chi connectivity index (χ3n) is 6.31. The fourth-order valence-corrected chi connectivity index (χ4v) is 4.98. The molecular weight excluding hydrogens is 364 g/mol. The molecule has 5 aromatic carbocycles. The van der Waals surface area contributed by atoms with E-state index < -0.39 is 0 Å². The van der Waals surface area contributed by atoms with Crippen LogP contribution >= 0.6 is 0 Å². The Morgan fingerprint density at radius 1 is 0.467 bits per heavy atom. The highest BCUT2D eigenvalue weighted by Crippen LogP contribution is 2.38. The lowest BCUT2D eigenvalue weighted by atomic mass is 10.1. The number of benzene rings is 5. The Morgan fingerprint density at radius 2 is 1.20 bits per heavy atom. The smallest absolute Gasteiger partial charge is 0.0549 e. The Hall–Kier alpha value is -4.04. The van der Waals surface area contributed by atoms with Crippen molar-refractivity contribution in [3.05, 3.63) is 103 Å². The van der Waals surface area contributed by atoms with Gasteiger partial charge in [0.25, 0.3) is 0 Å². The maximum Gasteiger partial charge on any atom is 0.0549 e. The first kappa shape index (κ1) is 15.8. The first-order valence-electron chi connectivity index (χ1n) is 10.3. The summed E-state index contributed by atoms with van der Waals surface area (Å²) in [6, 6.07) is 37.1. The van der Waals surface area contributed by atoms with Gasteiger partial charge in [0.15, 0.2) is 0 Å². The molecular formula is C28H18N2. The molecule has 0 aliphatic carbocycles. The van der Waals surface area contributed by atoms with Crippen LogP contribution in [0.1, 0.15) is 0 Å². The summed E-state index contributed by atoms with van der Waals surface area (Å²) in [6.45, 7) is 0. The SMILES string of the molecule is c1ccc2c(-n3c4ccccc4c4cc5[nH]c6ccccc6c5cc43)cccc2c1. The van der Waals surface area contributed by atoms with Gasteiger partial charge in [-0.25, -0.2) is 0 Å². The zero-order valence-corrected chi connectivity index (χ0v) is 16.3. The standard InChI is InChI=1S/C28H18N2/c1-2-10-19-18(8-1)9-7-15-26(19)30-27-14-6-4-12-21(27)23-16-25-22(17-28(23)30)20-11-3-5-13-24(20)29-25/h1-17,29H. The predicted octanol–water partition coefficient (Wildman–Crippen LogP) is 7.57. The molecule has 0 saturated heterocycles. The van der Waals surface area contributed by atoms with E-state index in [4.69, 9.17) is 0 Å². The number of aromatic amines is 1. The van der Waals surface area contributed by atoms with Crippen LogP contribution in [-0.4, -0.2) is 9.55 Å². The zero-order chi connectivity index (χ0) is 19.7. The first-order chi connectivity index (χ1) is 14.9. The largest absolute Gasteiger partial charge is 0.354 e. The topological polar surface area (TPSA) is 20.7 Å². The fraction of sp³-hybridized carbons (Fsp3) is 0. The van der Waals surface area contributed by atoms with E-state index in [-0.39, 0.29) is 0 Å². The van der Waals surface area contributed by atoms with Crippen LogP contribution in [0.2, 0.25) is 0 Å². The molecule has 7 rings (SSSR count). The third kappa shape index (κ3) is 2.03. The molecule has 0 aliphatic rings. The van der Waals surface area contributed by atoms with Gasteiger partial charge >= 0.3 is 0 Å². The van der Waals surface area contributed by atoms with Gasteiger partial charge in [-0.3, -0.25) is 0 Å². The van der Waals surface area contributed by atoms with Crippen molar-refractivity contribution in [3.8, 4) is 5.69 Å². The van der Waals surface area contributed by atoms with E-state index in [2.05, 4.69) is 113 Å². The Morgan fingerprint density at radius 3 is 2.13 bits per heavy atom. The van der Waals surface area contributed by atoms with Gasteiger partial charge in [-0.2, -0.15) is 0 Å². The first-order valence-corrected chi connectivity index (χ1v) is 10.3. The molecule has 0 saturated carbocycles. The van der Waals surface area contributed by atoms with Gasteiger partial charge in [0.05, 0.1) is 16.7 Å². The highest BCUT2D eigenvalue weighted by molar-refractivity contribution is 6.18. The molecule has 140 valence electrons. The van der Waals surface area contributed by atoms with E-state index in [0.717, 1.165) is 0 Å². The van der Waals surface area contributed by atoms with Crippen LogP contribution in [0.3, 0.4) is 0 Å². The quantitative estimate of drug-likeness (QED) is 0.302. The number of fused-ring (bicyclic) bond motifs is 7. The van der Waals surface area contributed by atoms with Crippen molar-refractivity contribution >= 4 is 54.4 Å². The van der Waals surface area contributed by atoms with Crippen molar-refractivity contribution in [2.75, 3.05) is 0 Å². The average Bonchev–Trinajstić information content (AvgIpc) is 3.32. The van der Waals surface area contributed by atoms with Crippen LogP contribution < -0.4 is 0 Å². The number of nitrogens with one attached hydrogen (secondary N) is 1. The minimum Gasteiger partial charge on any atom is -0.354 e. The van der Waals surface area contributed by atoms with Crippen LogP contribution in [0.15, 0.2) is 103 Å². The van der Waals surface area contributed by atoms with Gasteiger partial charge in [-0.1, -0.05) is 72.8 Å². The maximum absolute atomic E-state index is 3.60. The van der Waals surface area contributed by atoms with E-state index >= 15 is 0 Å². The van der Waals surface area contributed by atoms with Crippen molar-refractivity contribution in [3.63, 3.8) is 0 Å². The van der Waals surface area contributed by atoms with Gasteiger partial charge in [0, 0.05) is 38.0 Å². The van der Waals surface area contributed by atoms with Crippen LogP contribution in [-0.2, 0) is 0 Å². The molecule has 0 aliphatic heterocycles. The Bertz CT molecular complexity index is 1740. The lowest BCUT2D eigenvalue weighted by Gasteiger charge is -2.11. The summed E-state index contributed by atoms with van der Waals surface area (Å²) < 4.78 is 2.42. The minimum atomic E-state index is 1.18. The van der Waals surface area contributed by atoms with Crippen molar-refractivity contribution in [1.82, 2.24) is 9.55 Å². The minimum absolute atomic E-state index is 1.18. The molecule has 0 bridgehead atoms. The van der Waals surface area contributed by atoms with Crippen LogP contribution in [0.4, 0.5) is 0 Å². The monoisotopic (exact) mass is 382 g/mol. The van der Waals surface area contributed by atoms with Gasteiger partial charge in [-0.15, -0.1) is 0 Å². The maximum atomic E-state index is 3.60. The van der Waals surface area contributed by atoms with Crippen LogP contribution in [0.5, 0.6) is 0 Å². The average molecular weight is 382 g/mol. The molecule has 0 unspecified atom stereocenters. The fourth-order valence-electron chi connectivity index (χ4n) is 4.98. The summed E-state index contributed by atoms with van der Waals surface area (Å²) in [6.07, 6.45) is 0. The summed E-state index contributed by atoms with van der Waals surface area (Å²) in [7, 11) is 0. The molecule has 2 aromatic heterocycles. The molecule has 2 heteroatoms. The van der Waals surface area contributed by atoms with Gasteiger partial charge < -0.3 is 9.55 Å². The molecule has 0 amide bonds. The molecule has 0 spiro atoms. The summed E-state index contributed by atoms with van der Waals surface area (Å²) in [5, 5.41) is 7.61. The Balaban J connectivity index is 1.72. The molecule has 2 nitrogen and oxygen atoms in total. The number of hydrogen-bond donors (Lipinski definition) is 1. The third-order valence-corrected chi connectivity index (χ3v) is 6.31. The second-order valence-corrected chi connectivity index (χ2v) is 7.94. The van der Waals surface area contributed by atoms with Gasteiger partial charge in [-0.05, 0) is 35.7 Å². The summed E-state index contributed by atoms with van der Waals surface area (Å²) >= 11 is 0. The van der Waals surface area contributed by atoms with E-state index in [1.807, 2.05) is 0 Å². The van der Waals surface area contributed by atoms with E-state index in [9.17, 15) is 0 Å². The molecule has 1 N–H and O–H groups in total. The molecule has 30 heavy (non-hydrogen) atoms. The van der Waals surface area contributed by atoms with Crippen molar-refractivity contribution in [2.24, 2.45) is 0 Å². The number of aromatic nitrogens is 2. The molecule has 2 heterocycles. The Labute approximate surface area is 173 Å². The van der Waals surface area contributed by atoms with E-state index in [1.165, 1.54) is 60.1 Å². The highest BCUT2D eigenvalue weighted by Gasteiger charge is 2.16. The summed E-state index contributed by atoms with van der Waals surface area (Å²) in [5.74, 6) is 0. The van der Waals surface area contributed by atoms with E-state index in [1.54, 1.807) is 0 Å². The number of nitrogens with zero attached hydrogens (tertiary/aromatic N) is 1. The summed E-state index contributed by atoms with van der Waals surface area (Å²) in [4.78, 5) is 3.60. The molecule has 7 aromatic rings. The molecule has 0 atom stereocenters. The second-order valence-electron chi connectivity index (χ2n) is 7.94. The highest BCUT2D eigenvalue weighted by atomic mass is 15.0. The predicted molar refractivity (Wildman–Crippen MR) is 128 cm³/mol. The summed E-state index contributed by atoms with van der Waals surface area (Å²) in [5.41, 5.74) is 6.06. The number of H-pyrrole nitrogens is 1. The Kier molecular flexibility index (Phi) is 3.03. The normalized spacial score (nSPS) is 12.0. The van der Waals surface area contributed by atoms with Gasteiger partial charge in [0.2, 0.25) is 0 Å². The lowest BCUT2D eigenvalue weighted by molar-refractivity contribution is 1.20.